The van der Waals surface area contributed by atoms with E-state index in [1.165, 1.54) is 12.1 Å². The molecule has 0 radical (unpaired) electrons. The number of thioether (sulfide) groups is 1. The van der Waals surface area contributed by atoms with Crippen LogP contribution in [0, 0.1) is 5.92 Å². The third-order valence-electron chi connectivity index (χ3n) is 6.35. The zero-order valence-electron chi connectivity index (χ0n) is 18.8. The maximum atomic E-state index is 12.8. The van der Waals surface area contributed by atoms with Gasteiger partial charge in [0.05, 0.1) is 23.5 Å². The van der Waals surface area contributed by atoms with Crippen molar-refractivity contribution in [2.24, 2.45) is 5.92 Å². The summed E-state index contributed by atoms with van der Waals surface area (Å²) in [4.78, 5) is 27.6. The summed E-state index contributed by atoms with van der Waals surface area (Å²) in [6.45, 7) is 2.21. The van der Waals surface area contributed by atoms with Crippen LogP contribution in [0.2, 0.25) is 0 Å². The van der Waals surface area contributed by atoms with E-state index in [-0.39, 0.29) is 35.0 Å². The lowest BCUT2D eigenvalue weighted by Gasteiger charge is -2.29. The van der Waals surface area contributed by atoms with Gasteiger partial charge in [-0.05, 0) is 55.9 Å². The predicted octanol–water partition coefficient (Wildman–Crippen LogP) is 6.13. The van der Waals surface area contributed by atoms with Crippen LogP contribution < -0.4 is 5.32 Å². The number of rotatable bonds is 8. The molecule has 184 valence electrons. The minimum absolute atomic E-state index is 0.0707. The van der Waals surface area contributed by atoms with Gasteiger partial charge in [0.2, 0.25) is 11.8 Å². The zero-order chi connectivity index (χ0) is 24.3. The van der Waals surface area contributed by atoms with Crippen molar-refractivity contribution in [1.82, 2.24) is 10.3 Å². The number of imide groups is 1. The number of carbonyl (C=O) groups excluding carboxylic acids is 2. The van der Waals surface area contributed by atoms with Gasteiger partial charge in [0.15, 0.2) is 0 Å². The maximum absolute atomic E-state index is 12.8. The minimum atomic E-state index is -4.39. The number of nitrogens with one attached hydrogen (secondary N) is 1. The molecule has 0 bridgehead atoms. The molecule has 1 aliphatic carbocycles. The average Bonchev–Trinajstić information content (AvgIpc) is 3.37. The van der Waals surface area contributed by atoms with Crippen LogP contribution in [0.25, 0.3) is 11.5 Å². The van der Waals surface area contributed by atoms with Crippen molar-refractivity contribution in [2.45, 2.75) is 76.0 Å². The summed E-state index contributed by atoms with van der Waals surface area (Å²) >= 11 is 1.07. The smallest absolute Gasteiger partial charge is 0.416 e. The van der Waals surface area contributed by atoms with Gasteiger partial charge in [0.1, 0.15) is 11.5 Å². The first-order valence-electron chi connectivity index (χ1n) is 11.5. The zero-order valence-corrected chi connectivity index (χ0v) is 19.6. The Hall–Kier alpha value is -2.33. The maximum Gasteiger partial charge on any atom is 0.416 e. The van der Waals surface area contributed by atoms with Crippen molar-refractivity contribution in [3.05, 3.63) is 41.3 Å². The van der Waals surface area contributed by atoms with E-state index in [4.69, 9.17) is 9.15 Å². The van der Waals surface area contributed by atoms with Crippen molar-refractivity contribution < 1.29 is 31.9 Å². The Labute approximate surface area is 200 Å². The molecule has 2 heterocycles. The molecule has 2 amide bonds. The Morgan fingerprint density at radius 2 is 1.94 bits per heavy atom. The lowest BCUT2D eigenvalue weighted by atomic mass is 9.84. The van der Waals surface area contributed by atoms with Crippen molar-refractivity contribution in [1.29, 1.82) is 0 Å². The van der Waals surface area contributed by atoms with E-state index in [1.54, 1.807) is 0 Å². The number of hydrogen-bond donors (Lipinski definition) is 1. The van der Waals surface area contributed by atoms with Crippen LogP contribution >= 0.6 is 11.8 Å². The van der Waals surface area contributed by atoms with E-state index in [9.17, 15) is 22.8 Å². The Morgan fingerprint density at radius 3 is 2.59 bits per heavy atom. The highest BCUT2D eigenvalue weighted by Gasteiger charge is 2.33. The first-order valence-corrected chi connectivity index (χ1v) is 12.4. The number of oxazole rings is 1. The number of nitrogens with zero attached hydrogens (tertiary/aromatic N) is 1. The molecule has 1 saturated carbocycles. The lowest BCUT2D eigenvalue weighted by Crippen LogP contribution is -2.26. The summed E-state index contributed by atoms with van der Waals surface area (Å²) < 4.78 is 50.4. The molecule has 1 N–H and O–H groups in total. The summed E-state index contributed by atoms with van der Waals surface area (Å²) in [5.41, 5.74) is 0.434. The van der Waals surface area contributed by atoms with Crippen LogP contribution in [0.4, 0.5) is 18.0 Å². The molecule has 1 aromatic heterocycles. The highest BCUT2D eigenvalue weighted by atomic mass is 32.2. The number of aryl methyl sites for hydroxylation is 1. The molecule has 1 saturated heterocycles. The SMILES string of the molecule is CCc1oc(-c2ccc(C(F)(F)F)cc2)nc1CO[C@H]1CCC[C@@H](CCC2SC(=O)NC2=O)C1. The normalized spacial score (nSPS) is 23.4. The molecular weight excluding hydrogens is 469 g/mol. The molecule has 2 aromatic rings. The summed E-state index contributed by atoms with van der Waals surface area (Å²) in [6.07, 6.45) is 1.78. The van der Waals surface area contributed by atoms with Gasteiger partial charge >= 0.3 is 6.18 Å². The molecule has 10 heteroatoms. The average molecular weight is 497 g/mol. The van der Waals surface area contributed by atoms with Crippen molar-refractivity contribution >= 4 is 22.9 Å². The Kier molecular flexibility index (Phi) is 7.67. The third kappa shape index (κ3) is 6.02. The van der Waals surface area contributed by atoms with Crippen LogP contribution in [0.5, 0.6) is 0 Å². The number of carbonyl (C=O) groups is 2. The first kappa shape index (κ1) is 24.8. The summed E-state index contributed by atoms with van der Waals surface area (Å²) in [5.74, 6) is 1.19. The molecular formula is C24H27F3N2O4S. The van der Waals surface area contributed by atoms with E-state index in [2.05, 4.69) is 10.3 Å². The minimum Gasteiger partial charge on any atom is -0.441 e. The van der Waals surface area contributed by atoms with E-state index < -0.39 is 11.7 Å². The molecule has 2 aliphatic rings. The van der Waals surface area contributed by atoms with E-state index >= 15 is 0 Å². The largest absolute Gasteiger partial charge is 0.441 e. The standard InChI is InChI=1S/C24H27F3N2O4S/c1-2-19-18(28-22(33-19)15-7-9-16(10-8-15)24(25,26)27)13-32-17-5-3-4-14(12-17)6-11-20-21(30)29-23(31)34-20/h7-10,14,17,20H,2-6,11-13H2,1H3,(H,29,30,31)/t14-,17-,20?/m0/s1. The van der Waals surface area contributed by atoms with Crippen LogP contribution in [0.1, 0.15) is 62.5 Å². The highest BCUT2D eigenvalue weighted by Crippen LogP contribution is 2.34. The van der Waals surface area contributed by atoms with Gasteiger partial charge in [-0.25, -0.2) is 4.98 Å². The highest BCUT2D eigenvalue weighted by molar-refractivity contribution is 8.15. The Bertz CT molecular complexity index is 1020. The van der Waals surface area contributed by atoms with Gasteiger partial charge in [0, 0.05) is 12.0 Å². The number of halogens is 3. The number of aromatic nitrogens is 1. The second kappa shape index (κ2) is 10.5. The van der Waals surface area contributed by atoms with E-state index in [1.807, 2.05) is 6.92 Å². The number of amides is 2. The molecule has 1 aliphatic heterocycles. The molecule has 1 aromatic carbocycles. The Balaban J connectivity index is 1.32. The third-order valence-corrected chi connectivity index (χ3v) is 7.40. The topological polar surface area (TPSA) is 81.4 Å². The molecule has 4 rings (SSSR count). The fourth-order valence-corrected chi connectivity index (χ4v) is 5.36. The van der Waals surface area contributed by atoms with Crippen molar-refractivity contribution in [2.75, 3.05) is 0 Å². The second-order valence-corrected chi connectivity index (χ2v) is 9.92. The van der Waals surface area contributed by atoms with Crippen LogP contribution in [0.15, 0.2) is 28.7 Å². The molecule has 34 heavy (non-hydrogen) atoms. The van der Waals surface area contributed by atoms with Crippen LogP contribution in [-0.4, -0.2) is 27.5 Å². The molecule has 0 spiro atoms. The van der Waals surface area contributed by atoms with Gasteiger partial charge in [-0.3, -0.25) is 14.9 Å². The number of benzene rings is 1. The van der Waals surface area contributed by atoms with Gasteiger partial charge in [-0.2, -0.15) is 13.2 Å². The predicted molar refractivity (Wildman–Crippen MR) is 121 cm³/mol. The molecule has 1 unspecified atom stereocenters. The molecule has 3 atom stereocenters. The quantitative estimate of drug-likeness (QED) is 0.474. The monoisotopic (exact) mass is 496 g/mol. The fraction of sp³-hybridized carbons (Fsp3) is 0.542. The number of alkyl halides is 3. The molecule has 2 fully saturated rings. The number of hydrogen-bond acceptors (Lipinski definition) is 6. The Morgan fingerprint density at radius 1 is 1.18 bits per heavy atom. The second-order valence-electron chi connectivity index (χ2n) is 8.74. The van der Waals surface area contributed by atoms with Gasteiger partial charge in [-0.15, -0.1) is 0 Å². The van der Waals surface area contributed by atoms with E-state index in [0.717, 1.165) is 56.0 Å². The first-order chi connectivity index (χ1) is 16.2. The summed E-state index contributed by atoms with van der Waals surface area (Å²) in [7, 11) is 0. The fourth-order valence-electron chi connectivity index (χ4n) is 4.52. The lowest BCUT2D eigenvalue weighted by molar-refractivity contribution is -0.137. The van der Waals surface area contributed by atoms with Gasteiger partial charge < -0.3 is 9.15 Å². The number of ether oxygens (including phenoxy) is 1. The van der Waals surface area contributed by atoms with Crippen LogP contribution in [-0.2, 0) is 28.7 Å². The summed E-state index contributed by atoms with van der Waals surface area (Å²) in [6, 6.07) is 4.77. The van der Waals surface area contributed by atoms with Crippen LogP contribution in [0.3, 0.4) is 0 Å². The van der Waals surface area contributed by atoms with E-state index in [0.29, 0.717) is 35.8 Å². The van der Waals surface area contributed by atoms with Crippen molar-refractivity contribution in [3.8, 4) is 11.5 Å². The van der Waals surface area contributed by atoms with Gasteiger partial charge in [0.25, 0.3) is 5.24 Å². The summed E-state index contributed by atoms with van der Waals surface area (Å²) in [5, 5.41) is 1.77. The molecule has 6 nitrogen and oxygen atoms in total. The van der Waals surface area contributed by atoms with Crippen molar-refractivity contribution in [3.63, 3.8) is 0 Å². The van der Waals surface area contributed by atoms with Gasteiger partial charge in [-0.1, -0.05) is 31.5 Å².